The second-order valence-corrected chi connectivity index (χ2v) is 6.78. The number of hydrogen-bond acceptors (Lipinski definition) is 4. The first-order valence-corrected chi connectivity index (χ1v) is 8.39. The van der Waals surface area contributed by atoms with E-state index in [1.54, 1.807) is 11.3 Å². The lowest BCUT2D eigenvalue weighted by Gasteiger charge is -2.20. The Bertz CT molecular complexity index is 549. The van der Waals surface area contributed by atoms with Crippen molar-refractivity contribution in [1.82, 2.24) is 10.3 Å². The maximum absolute atomic E-state index is 4.65. The molecule has 0 aliphatic heterocycles. The molecule has 2 aromatic heterocycles. The molecule has 0 bridgehead atoms. The highest BCUT2D eigenvalue weighted by atomic mass is 32.1. The third-order valence-corrected chi connectivity index (χ3v) is 4.08. The van der Waals surface area contributed by atoms with Crippen molar-refractivity contribution in [3.63, 3.8) is 0 Å². The lowest BCUT2D eigenvalue weighted by atomic mass is 10.1. The second-order valence-electron chi connectivity index (χ2n) is 6.00. The van der Waals surface area contributed by atoms with Crippen molar-refractivity contribution in [2.45, 2.75) is 33.9 Å². The fourth-order valence-corrected chi connectivity index (χ4v) is 3.02. The quantitative estimate of drug-likeness (QED) is 0.842. The molecule has 0 radical (unpaired) electrons. The molecule has 0 fully saturated rings. The van der Waals surface area contributed by atoms with Gasteiger partial charge in [0, 0.05) is 26.3 Å². The predicted molar refractivity (Wildman–Crippen MR) is 91.9 cm³/mol. The molecule has 2 rings (SSSR count). The number of anilines is 1. The van der Waals surface area contributed by atoms with Crippen molar-refractivity contribution >= 4 is 17.2 Å². The number of thiophene rings is 1. The van der Waals surface area contributed by atoms with E-state index in [0.29, 0.717) is 5.92 Å². The van der Waals surface area contributed by atoms with Crippen LogP contribution >= 0.6 is 11.3 Å². The fourth-order valence-electron chi connectivity index (χ4n) is 2.36. The minimum Gasteiger partial charge on any atom is -0.355 e. The molecule has 4 heteroatoms. The first-order valence-electron chi connectivity index (χ1n) is 7.44. The summed E-state index contributed by atoms with van der Waals surface area (Å²) in [6.07, 6.45) is 1.99. The number of nitrogens with zero attached hydrogens (tertiary/aromatic N) is 2. The van der Waals surface area contributed by atoms with Crippen LogP contribution in [-0.2, 0) is 13.1 Å². The minimum atomic E-state index is 0.676. The highest BCUT2D eigenvalue weighted by Crippen LogP contribution is 2.19. The molecule has 114 valence electrons. The van der Waals surface area contributed by atoms with Crippen molar-refractivity contribution in [3.05, 3.63) is 45.8 Å². The third-order valence-electron chi connectivity index (χ3n) is 3.35. The zero-order valence-corrected chi connectivity index (χ0v) is 14.2. The van der Waals surface area contributed by atoms with E-state index in [1.807, 2.05) is 6.20 Å². The third kappa shape index (κ3) is 4.83. The number of aromatic nitrogens is 1. The van der Waals surface area contributed by atoms with Gasteiger partial charge in [-0.15, -0.1) is 0 Å². The molecule has 0 atom stereocenters. The molecule has 1 N–H and O–H groups in total. The zero-order chi connectivity index (χ0) is 15.2. The summed E-state index contributed by atoms with van der Waals surface area (Å²) in [6.45, 7) is 9.41. The Hall–Kier alpha value is -1.39. The number of rotatable bonds is 7. The number of pyridine rings is 1. The van der Waals surface area contributed by atoms with Gasteiger partial charge in [-0.2, -0.15) is 11.3 Å². The number of aryl methyl sites for hydroxylation is 1. The van der Waals surface area contributed by atoms with Gasteiger partial charge in [-0.1, -0.05) is 13.8 Å². The monoisotopic (exact) mass is 303 g/mol. The van der Waals surface area contributed by atoms with Crippen LogP contribution in [0, 0.1) is 12.8 Å². The van der Waals surface area contributed by atoms with Crippen LogP contribution in [0.5, 0.6) is 0 Å². The van der Waals surface area contributed by atoms with Crippen LogP contribution in [0.3, 0.4) is 0 Å². The molecule has 0 unspecified atom stereocenters. The van der Waals surface area contributed by atoms with E-state index < -0.39 is 0 Å². The smallest absolute Gasteiger partial charge is 0.131 e. The van der Waals surface area contributed by atoms with Crippen LogP contribution in [0.4, 0.5) is 5.82 Å². The second kappa shape index (κ2) is 7.57. The Labute approximate surface area is 132 Å². The van der Waals surface area contributed by atoms with E-state index in [4.69, 9.17) is 0 Å². The van der Waals surface area contributed by atoms with Crippen molar-refractivity contribution in [1.29, 1.82) is 0 Å². The molecular weight excluding hydrogens is 278 g/mol. The summed E-state index contributed by atoms with van der Waals surface area (Å²) >= 11 is 1.74. The first-order chi connectivity index (χ1) is 10.1. The van der Waals surface area contributed by atoms with E-state index in [0.717, 1.165) is 25.5 Å². The van der Waals surface area contributed by atoms with Gasteiger partial charge in [0.15, 0.2) is 0 Å². The maximum Gasteiger partial charge on any atom is 0.131 e. The highest BCUT2D eigenvalue weighted by Gasteiger charge is 2.08. The zero-order valence-electron chi connectivity index (χ0n) is 13.4. The summed E-state index contributed by atoms with van der Waals surface area (Å²) in [5.74, 6) is 1.74. The van der Waals surface area contributed by atoms with Crippen molar-refractivity contribution in [2.24, 2.45) is 5.92 Å². The van der Waals surface area contributed by atoms with E-state index in [9.17, 15) is 0 Å². The Kier molecular flexibility index (Phi) is 5.76. The van der Waals surface area contributed by atoms with Gasteiger partial charge in [0.2, 0.25) is 0 Å². The van der Waals surface area contributed by atoms with Crippen LogP contribution < -0.4 is 10.2 Å². The summed E-state index contributed by atoms with van der Waals surface area (Å²) in [7, 11) is 2.10. The van der Waals surface area contributed by atoms with Gasteiger partial charge in [0.1, 0.15) is 5.82 Å². The molecule has 2 heterocycles. The summed E-state index contributed by atoms with van der Waals surface area (Å²) in [4.78, 5) is 6.86. The van der Waals surface area contributed by atoms with Crippen LogP contribution in [0.1, 0.15) is 30.5 Å². The predicted octanol–water partition coefficient (Wildman–Crippen LogP) is 3.83. The molecule has 2 aromatic rings. The average Bonchev–Trinajstić information content (AvgIpc) is 2.91. The van der Waals surface area contributed by atoms with Gasteiger partial charge < -0.3 is 10.2 Å². The fraction of sp³-hybridized carbons (Fsp3) is 0.471. The van der Waals surface area contributed by atoms with E-state index in [-0.39, 0.29) is 0 Å². The van der Waals surface area contributed by atoms with Crippen molar-refractivity contribution in [3.8, 4) is 0 Å². The van der Waals surface area contributed by atoms with Gasteiger partial charge in [-0.3, -0.25) is 0 Å². The Morgan fingerprint density at radius 3 is 2.76 bits per heavy atom. The molecular formula is C17H25N3S. The molecule has 0 spiro atoms. The van der Waals surface area contributed by atoms with Gasteiger partial charge in [0.05, 0.1) is 0 Å². The van der Waals surface area contributed by atoms with Crippen LogP contribution in [0.25, 0.3) is 0 Å². The van der Waals surface area contributed by atoms with Crippen LogP contribution in [-0.4, -0.2) is 18.6 Å². The standard InChI is InChI=1S/C17H25N3S/c1-13(2)8-18-9-16-7-14(3)17(19-10-16)20(4)11-15-5-6-21-12-15/h5-7,10,12-13,18H,8-9,11H2,1-4H3. The average molecular weight is 303 g/mol. The molecule has 0 aliphatic carbocycles. The number of hydrogen-bond donors (Lipinski definition) is 1. The Morgan fingerprint density at radius 1 is 1.33 bits per heavy atom. The molecule has 0 saturated heterocycles. The molecule has 3 nitrogen and oxygen atoms in total. The molecule has 0 amide bonds. The molecule has 0 aromatic carbocycles. The highest BCUT2D eigenvalue weighted by molar-refractivity contribution is 7.07. The molecule has 0 aliphatic rings. The largest absolute Gasteiger partial charge is 0.355 e. The lowest BCUT2D eigenvalue weighted by Crippen LogP contribution is -2.21. The summed E-state index contributed by atoms with van der Waals surface area (Å²) in [5.41, 5.74) is 3.82. The minimum absolute atomic E-state index is 0.676. The summed E-state index contributed by atoms with van der Waals surface area (Å²) in [6, 6.07) is 4.40. The van der Waals surface area contributed by atoms with E-state index in [1.165, 1.54) is 16.7 Å². The Balaban J connectivity index is 1.98. The van der Waals surface area contributed by atoms with Gasteiger partial charge in [0.25, 0.3) is 0 Å². The van der Waals surface area contributed by atoms with Gasteiger partial charge in [-0.05, 0) is 59.0 Å². The summed E-state index contributed by atoms with van der Waals surface area (Å²) < 4.78 is 0. The normalized spacial score (nSPS) is 11.1. The molecule has 21 heavy (non-hydrogen) atoms. The lowest BCUT2D eigenvalue weighted by molar-refractivity contribution is 0.552. The van der Waals surface area contributed by atoms with Crippen molar-refractivity contribution < 1.29 is 0 Å². The topological polar surface area (TPSA) is 28.2 Å². The van der Waals surface area contributed by atoms with E-state index >= 15 is 0 Å². The number of nitrogens with one attached hydrogen (secondary N) is 1. The molecule has 0 saturated carbocycles. The van der Waals surface area contributed by atoms with Gasteiger partial charge >= 0.3 is 0 Å². The summed E-state index contributed by atoms with van der Waals surface area (Å²) in [5, 5.41) is 7.77. The van der Waals surface area contributed by atoms with Gasteiger partial charge in [-0.25, -0.2) is 4.98 Å². The first kappa shape index (κ1) is 16.0. The van der Waals surface area contributed by atoms with Crippen molar-refractivity contribution in [2.75, 3.05) is 18.5 Å². The van der Waals surface area contributed by atoms with Crippen LogP contribution in [0.2, 0.25) is 0 Å². The SMILES string of the molecule is Cc1cc(CNCC(C)C)cnc1N(C)Cc1ccsc1. The maximum atomic E-state index is 4.65. The Morgan fingerprint density at radius 2 is 2.14 bits per heavy atom. The van der Waals surface area contributed by atoms with Crippen LogP contribution in [0.15, 0.2) is 29.1 Å². The van der Waals surface area contributed by atoms with E-state index in [2.05, 4.69) is 65.9 Å².